The van der Waals surface area contributed by atoms with Crippen LogP contribution in [0.15, 0.2) is 48.8 Å². The lowest BCUT2D eigenvalue weighted by molar-refractivity contribution is -0.131. The molecule has 1 fully saturated rings. The zero-order valence-corrected chi connectivity index (χ0v) is 16.2. The van der Waals surface area contributed by atoms with E-state index in [9.17, 15) is 4.79 Å². The Morgan fingerprint density at radius 2 is 1.86 bits per heavy atom. The average molecular weight is 376 g/mol. The quantitative estimate of drug-likeness (QED) is 0.693. The Hall–Kier alpha value is -3.06. The number of likely N-dealkylation sites (N-methyl/N-ethyl adjacent to an activating group) is 2. The number of carbonyl (C=O) groups is 1. The Kier molecular flexibility index (Phi) is 5.16. The number of benzene rings is 1. The number of rotatable bonds is 4. The number of carbonyl (C=O) groups excluding carboxylic acids is 1. The van der Waals surface area contributed by atoms with Gasteiger partial charge in [-0.15, -0.1) is 0 Å². The number of fused-ring (bicyclic) bond motifs is 1. The van der Waals surface area contributed by atoms with Crippen molar-refractivity contribution in [2.24, 2.45) is 0 Å². The van der Waals surface area contributed by atoms with Crippen molar-refractivity contribution in [3.63, 3.8) is 0 Å². The van der Waals surface area contributed by atoms with Gasteiger partial charge in [-0.25, -0.2) is 9.97 Å². The van der Waals surface area contributed by atoms with Gasteiger partial charge in [-0.1, -0.05) is 12.1 Å². The standard InChI is InChI=1S/C21H24N6O/c1-25-10-12-27(13-11-25)19(28)15-26(2)21-17-7-3-4-8-18(17)23-20(24-21)16-6-5-9-22-14-16/h3-9,14H,10-13,15H2,1-2H3. The summed E-state index contributed by atoms with van der Waals surface area (Å²) in [6, 6.07) is 11.7. The van der Waals surface area contributed by atoms with E-state index in [-0.39, 0.29) is 12.5 Å². The van der Waals surface area contributed by atoms with Crippen LogP contribution in [0.25, 0.3) is 22.3 Å². The number of nitrogens with zero attached hydrogens (tertiary/aromatic N) is 6. The fourth-order valence-electron chi connectivity index (χ4n) is 3.41. The zero-order valence-electron chi connectivity index (χ0n) is 16.2. The Balaban J connectivity index is 1.64. The van der Waals surface area contributed by atoms with Crippen molar-refractivity contribution in [2.75, 3.05) is 51.7 Å². The second kappa shape index (κ2) is 7.90. The first kappa shape index (κ1) is 18.3. The van der Waals surface area contributed by atoms with E-state index in [2.05, 4.69) is 21.9 Å². The Morgan fingerprint density at radius 3 is 2.61 bits per heavy atom. The summed E-state index contributed by atoms with van der Waals surface area (Å²) >= 11 is 0. The van der Waals surface area contributed by atoms with Gasteiger partial charge in [-0.3, -0.25) is 9.78 Å². The third-order valence-corrected chi connectivity index (χ3v) is 5.09. The van der Waals surface area contributed by atoms with Crippen molar-refractivity contribution < 1.29 is 4.79 Å². The second-order valence-electron chi connectivity index (χ2n) is 7.17. The molecule has 0 N–H and O–H groups in total. The van der Waals surface area contributed by atoms with E-state index in [1.54, 1.807) is 12.4 Å². The molecule has 1 aliphatic heterocycles. The second-order valence-corrected chi connectivity index (χ2v) is 7.17. The first-order chi connectivity index (χ1) is 13.6. The topological polar surface area (TPSA) is 65.5 Å². The molecule has 7 heteroatoms. The van der Waals surface area contributed by atoms with Gasteiger partial charge in [0.05, 0.1) is 12.1 Å². The molecule has 4 rings (SSSR count). The van der Waals surface area contributed by atoms with Crippen LogP contribution in [0.3, 0.4) is 0 Å². The molecule has 1 amide bonds. The molecule has 0 aliphatic carbocycles. The number of pyridine rings is 1. The van der Waals surface area contributed by atoms with Crippen LogP contribution in [0.4, 0.5) is 5.82 Å². The molecule has 3 heterocycles. The Bertz CT molecular complexity index is 969. The normalized spacial score (nSPS) is 15.0. The predicted molar refractivity (Wildman–Crippen MR) is 110 cm³/mol. The maximum Gasteiger partial charge on any atom is 0.242 e. The third-order valence-electron chi connectivity index (χ3n) is 5.09. The highest BCUT2D eigenvalue weighted by Crippen LogP contribution is 2.26. The minimum absolute atomic E-state index is 0.126. The van der Waals surface area contributed by atoms with Crippen LogP contribution < -0.4 is 4.90 Å². The van der Waals surface area contributed by atoms with Crippen LogP contribution in [-0.4, -0.2) is 77.5 Å². The predicted octanol–water partition coefficient (Wildman–Crippen LogP) is 1.90. The number of amides is 1. The summed E-state index contributed by atoms with van der Waals surface area (Å²) < 4.78 is 0. The fraction of sp³-hybridized carbons (Fsp3) is 0.333. The van der Waals surface area contributed by atoms with Crippen molar-refractivity contribution in [1.82, 2.24) is 24.8 Å². The summed E-state index contributed by atoms with van der Waals surface area (Å²) in [6.07, 6.45) is 3.48. The van der Waals surface area contributed by atoms with E-state index in [0.29, 0.717) is 5.82 Å². The molecule has 0 bridgehead atoms. The maximum atomic E-state index is 12.8. The van der Waals surface area contributed by atoms with E-state index in [1.807, 2.05) is 53.2 Å². The van der Waals surface area contributed by atoms with Gasteiger partial charge in [-0.2, -0.15) is 0 Å². The van der Waals surface area contributed by atoms with Crippen LogP contribution in [0, 0.1) is 0 Å². The Labute approximate surface area is 164 Å². The number of piperazine rings is 1. The van der Waals surface area contributed by atoms with Crippen LogP contribution >= 0.6 is 0 Å². The van der Waals surface area contributed by atoms with Gasteiger partial charge in [0.25, 0.3) is 0 Å². The molecule has 144 valence electrons. The van der Waals surface area contributed by atoms with Crippen molar-refractivity contribution in [1.29, 1.82) is 0 Å². The lowest BCUT2D eigenvalue weighted by Gasteiger charge is -2.33. The van der Waals surface area contributed by atoms with Gasteiger partial charge in [-0.05, 0) is 31.3 Å². The van der Waals surface area contributed by atoms with Crippen LogP contribution in [-0.2, 0) is 4.79 Å². The number of hydrogen-bond acceptors (Lipinski definition) is 6. The molecule has 2 aromatic heterocycles. The van der Waals surface area contributed by atoms with E-state index >= 15 is 0 Å². The van der Waals surface area contributed by atoms with Gasteiger partial charge in [0.2, 0.25) is 5.91 Å². The van der Waals surface area contributed by atoms with Crippen molar-refractivity contribution in [3.8, 4) is 11.4 Å². The van der Waals surface area contributed by atoms with E-state index in [4.69, 9.17) is 4.98 Å². The third kappa shape index (κ3) is 3.80. The summed E-state index contributed by atoms with van der Waals surface area (Å²) in [7, 11) is 4.00. The smallest absolute Gasteiger partial charge is 0.242 e. The highest BCUT2D eigenvalue weighted by Gasteiger charge is 2.22. The molecule has 0 atom stereocenters. The average Bonchev–Trinajstić information content (AvgIpc) is 2.74. The van der Waals surface area contributed by atoms with Crippen LogP contribution in [0.5, 0.6) is 0 Å². The van der Waals surface area contributed by atoms with Crippen LogP contribution in [0.1, 0.15) is 0 Å². The van der Waals surface area contributed by atoms with Gasteiger partial charge >= 0.3 is 0 Å². The number of hydrogen-bond donors (Lipinski definition) is 0. The minimum atomic E-state index is 0.126. The summed E-state index contributed by atoms with van der Waals surface area (Å²) in [5.41, 5.74) is 1.71. The molecule has 1 aliphatic rings. The van der Waals surface area contributed by atoms with E-state index < -0.39 is 0 Å². The van der Waals surface area contributed by atoms with E-state index in [1.165, 1.54) is 0 Å². The van der Waals surface area contributed by atoms with Gasteiger partial charge in [0.1, 0.15) is 5.82 Å². The minimum Gasteiger partial charge on any atom is -0.350 e. The SMILES string of the molecule is CN1CCN(C(=O)CN(C)c2nc(-c3cccnc3)nc3ccccc23)CC1. The maximum absolute atomic E-state index is 12.8. The highest BCUT2D eigenvalue weighted by molar-refractivity contribution is 5.92. The lowest BCUT2D eigenvalue weighted by Crippen LogP contribution is -2.49. The lowest BCUT2D eigenvalue weighted by atomic mass is 10.2. The molecule has 7 nitrogen and oxygen atoms in total. The molecule has 0 unspecified atom stereocenters. The largest absolute Gasteiger partial charge is 0.350 e. The van der Waals surface area contributed by atoms with Crippen molar-refractivity contribution in [3.05, 3.63) is 48.8 Å². The summed E-state index contributed by atoms with van der Waals surface area (Å²) in [5.74, 6) is 1.49. The van der Waals surface area contributed by atoms with Gasteiger partial charge in [0.15, 0.2) is 5.82 Å². The summed E-state index contributed by atoms with van der Waals surface area (Å²) in [6.45, 7) is 3.66. The zero-order chi connectivity index (χ0) is 19.5. The summed E-state index contributed by atoms with van der Waals surface area (Å²) in [5, 5.41) is 0.934. The first-order valence-electron chi connectivity index (χ1n) is 9.46. The molecular formula is C21H24N6O. The monoisotopic (exact) mass is 376 g/mol. The molecule has 1 saturated heterocycles. The van der Waals surface area contributed by atoms with E-state index in [0.717, 1.165) is 48.5 Å². The fourth-order valence-corrected chi connectivity index (χ4v) is 3.41. The molecule has 0 saturated carbocycles. The molecule has 3 aromatic rings. The molecule has 0 radical (unpaired) electrons. The van der Waals surface area contributed by atoms with Gasteiger partial charge in [0, 0.05) is 56.6 Å². The molecule has 1 aromatic carbocycles. The van der Waals surface area contributed by atoms with Crippen molar-refractivity contribution in [2.45, 2.75) is 0 Å². The van der Waals surface area contributed by atoms with Crippen LogP contribution in [0.2, 0.25) is 0 Å². The summed E-state index contributed by atoms with van der Waals surface area (Å²) in [4.78, 5) is 32.5. The highest BCUT2D eigenvalue weighted by atomic mass is 16.2. The molecular weight excluding hydrogens is 352 g/mol. The van der Waals surface area contributed by atoms with Gasteiger partial charge < -0.3 is 14.7 Å². The number of para-hydroxylation sites is 1. The molecule has 0 spiro atoms. The number of anilines is 1. The Morgan fingerprint density at radius 1 is 1.07 bits per heavy atom. The number of aromatic nitrogens is 3. The first-order valence-corrected chi connectivity index (χ1v) is 9.46. The molecule has 28 heavy (non-hydrogen) atoms. The van der Waals surface area contributed by atoms with Crippen molar-refractivity contribution >= 4 is 22.6 Å².